The molecule has 0 saturated carbocycles. The third-order valence-corrected chi connectivity index (χ3v) is 9.48. The minimum Gasteiger partial charge on any atom is -0.454 e. The molecule has 3 N–H and O–H groups in total. The Balaban J connectivity index is 1.41. The van der Waals surface area contributed by atoms with Crippen molar-refractivity contribution in [1.29, 1.82) is 0 Å². The average Bonchev–Trinajstić information content (AvgIpc) is 3.47. The Bertz CT molecular complexity index is 1920. The molecule has 0 bridgehead atoms. The van der Waals surface area contributed by atoms with Gasteiger partial charge in [-0.2, -0.15) is 0 Å². The Kier molecular flexibility index (Phi) is 9.21. The number of sulfone groups is 1. The standard InChI is InChI=1S/C34H35FN4O5S/c1-5-39(4)17-16-36-34(41)32-21(2)29(37-22(32)3)19-26-25-18-24(14-15-28(25)38-33(26)40)45(42,43)20-23-10-6-8-12-30(23)44-31-13-9-7-11-27(31)35/h6-15,18-19,37H,5,16-17,20H2,1-4H3,(H,36,41)(H,38,40)/b26-19-. The Hall–Kier alpha value is -4.74. The second-order valence-corrected chi connectivity index (χ2v) is 12.9. The first-order chi connectivity index (χ1) is 21.5. The number of halogens is 1. The summed E-state index contributed by atoms with van der Waals surface area (Å²) in [5, 5.41) is 5.74. The summed E-state index contributed by atoms with van der Waals surface area (Å²) in [6, 6.07) is 16.9. The Labute approximate surface area is 262 Å². The number of anilines is 1. The van der Waals surface area contributed by atoms with Crippen LogP contribution in [0.1, 0.15) is 45.4 Å². The van der Waals surface area contributed by atoms with Crippen LogP contribution in [0.4, 0.5) is 10.1 Å². The first-order valence-electron chi connectivity index (χ1n) is 14.5. The minimum atomic E-state index is -3.92. The van der Waals surface area contributed by atoms with Gasteiger partial charge in [-0.05, 0) is 75.5 Å². The lowest BCUT2D eigenvalue weighted by atomic mass is 10.0. The number of hydrogen-bond acceptors (Lipinski definition) is 6. The van der Waals surface area contributed by atoms with Crippen LogP contribution in [0.2, 0.25) is 0 Å². The number of hydrogen-bond donors (Lipinski definition) is 3. The van der Waals surface area contributed by atoms with Crippen molar-refractivity contribution in [2.24, 2.45) is 0 Å². The van der Waals surface area contributed by atoms with Gasteiger partial charge in [0.25, 0.3) is 11.8 Å². The normalized spacial score (nSPS) is 13.6. The highest BCUT2D eigenvalue weighted by atomic mass is 32.2. The summed E-state index contributed by atoms with van der Waals surface area (Å²) < 4.78 is 47.2. The molecule has 0 unspecified atom stereocenters. The van der Waals surface area contributed by atoms with Crippen molar-refractivity contribution in [1.82, 2.24) is 15.2 Å². The van der Waals surface area contributed by atoms with Crippen LogP contribution in [0.15, 0.2) is 71.6 Å². The zero-order valence-corrected chi connectivity index (χ0v) is 26.3. The topological polar surface area (TPSA) is 121 Å². The predicted molar refractivity (Wildman–Crippen MR) is 173 cm³/mol. The van der Waals surface area contributed by atoms with Gasteiger partial charge in [0.1, 0.15) is 5.75 Å². The zero-order valence-electron chi connectivity index (χ0n) is 25.5. The fourth-order valence-electron chi connectivity index (χ4n) is 5.17. The van der Waals surface area contributed by atoms with E-state index in [1.54, 1.807) is 56.3 Å². The summed E-state index contributed by atoms with van der Waals surface area (Å²) in [6.07, 6.45) is 1.64. The molecule has 0 atom stereocenters. The second-order valence-electron chi connectivity index (χ2n) is 10.9. The predicted octanol–water partition coefficient (Wildman–Crippen LogP) is 5.71. The number of ether oxygens (including phenoxy) is 1. The van der Waals surface area contributed by atoms with E-state index in [-0.39, 0.29) is 33.8 Å². The lowest BCUT2D eigenvalue weighted by Crippen LogP contribution is -2.33. The Morgan fingerprint density at radius 3 is 2.49 bits per heavy atom. The molecule has 0 aliphatic carbocycles. The molecule has 0 fully saturated rings. The van der Waals surface area contributed by atoms with E-state index < -0.39 is 21.4 Å². The third-order valence-electron chi connectivity index (χ3n) is 7.82. The molecule has 11 heteroatoms. The molecule has 3 aromatic carbocycles. The second kappa shape index (κ2) is 13.1. The quantitative estimate of drug-likeness (QED) is 0.183. The molecule has 9 nitrogen and oxygen atoms in total. The van der Waals surface area contributed by atoms with Crippen molar-refractivity contribution in [2.75, 3.05) is 32.0 Å². The van der Waals surface area contributed by atoms with Gasteiger partial charge in [-0.25, -0.2) is 12.8 Å². The summed E-state index contributed by atoms with van der Waals surface area (Å²) in [5.74, 6) is -1.36. The maximum absolute atomic E-state index is 14.2. The van der Waals surface area contributed by atoms with Gasteiger partial charge in [0.15, 0.2) is 21.4 Å². The van der Waals surface area contributed by atoms with Gasteiger partial charge in [-0.15, -0.1) is 0 Å². The number of nitrogens with one attached hydrogen (secondary N) is 3. The summed E-state index contributed by atoms with van der Waals surface area (Å²) >= 11 is 0. The number of carbonyl (C=O) groups excluding carboxylic acids is 2. The number of amides is 2. The van der Waals surface area contributed by atoms with Crippen LogP contribution in [0.25, 0.3) is 11.6 Å². The van der Waals surface area contributed by atoms with Gasteiger partial charge in [0.2, 0.25) is 0 Å². The van der Waals surface area contributed by atoms with Crippen LogP contribution < -0.4 is 15.4 Å². The Morgan fingerprint density at radius 1 is 1.04 bits per heavy atom. The van der Waals surface area contributed by atoms with E-state index in [0.29, 0.717) is 52.4 Å². The lowest BCUT2D eigenvalue weighted by Gasteiger charge is -2.14. The number of benzene rings is 3. The minimum absolute atomic E-state index is 0.0147. The first-order valence-corrected chi connectivity index (χ1v) is 16.2. The van der Waals surface area contributed by atoms with Crippen molar-refractivity contribution in [3.63, 3.8) is 0 Å². The van der Waals surface area contributed by atoms with Crippen molar-refractivity contribution < 1.29 is 27.1 Å². The first kappa shape index (κ1) is 31.7. The number of nitrogens with zero attached hydrogens (tertiary/aromatic N) is 1. The van der Waals surface area contributed by atoms with Gasteiger partial charge in [-0.1, -0.05) is 37.3 Å². The van der Waals surface area contributed by atoms with Crippen molar-refractivity contribution in [3.05, 3.63) is 106 Å². The largest absolute Gasteiger partial charge is 0.454 e. The van der Waals surface area contributed by atoms with Crippen LogP contribution >= 0.6 is 0 Å². The number of fused-ring (bicyclic) bond motifs is 1. The summed E-state index contributed by atoms with van der Waals surface area (Å²) in [6.45, 7) is 7.73. The van der Waals surface area contributed by atoms with Gasteiger partial charge < -0.3 is 25.3 Å². The zero-order chi connectivity index (χ0) is 32.3. The molecule has 1 aliphatic rings. The van der Waals surface area contributed by atoms with Gasteiger partial charge >= 0.3 is 0 Å². The third kappa shape index (κ3) is 6.84. The summed E-state index contributed by atoms with van der Waals surface area (Å²) in [7, 11) is -1.94. The van der Waals surface area contributed by atoms with Gasteiger partial charge in [0.05, 0.1) is 21.8 Å². The van der Waals surface area contributed by atoms with E-state index in [1.807, 2.05) is 14.0 Å². The number of aromatic nitrogens is 1. The number of likely N-dealkylation sites (N-methyl/N-ethyl adjacent to an activating group) is 1. The van der Waals surface area contributed by atoms with Gasteiger partial charge in [-0.3, -0.25) is 9.59 Å². The van der Waals surface area contributed by atoms with Crippen LogP contribution in [0.3, 0.4) is 0 Å². The summed E-state index contributed by atoms with van der Waals surface area (Å²) in [4.78, 5) is 31.3. The average molecular weight is 631 g/mol. The molecule has 2 heterocycles. The lowest BCUT2D eigenvalue weighted by molar-refractivity contribution is -0.110. The number of H-pyrrole nitrogens is 1. The van der Waals surface area contributed by atoms with E-state index in [2.05, 4.69) is 20.5 Å². The molecular weight excluding hydrogens is 595 g/mol. The van der Waals surface area contributed by atoms with Crippen LogP contribution in [-0.2, 0) is 20.4 Å². The molecule has 5 rings (SSSR count). The molecule has 0 radical (unpaired) electrons. The van der Waals surface area contributed by atoms with Crippen molar-refractivity contribution in [2.45, 2.75) is 31.4 Å². The molecule has 1 aliphatic heterocycles. The smallest absolute Gasteiger partial charge is 0.256 e. The van der Waals surface area contributed by atoms with Crippen LogP contribution in [-0.4, -0.2) is 56.8 Å². The van der Waals surface area contributed by atoms with Crippen molar-refractivity contribution in [3.8, 4) is 11.5 Å². The van der Waals surface area contributed by atoms with E-state index >= 15 is 0 Å². The van der Waals surface area contributed by atoms with E-state index in [0.717, 1.165) is 6.54 Å². The van der Waals surface area contributed by atoms with Crippen molar-refractivity contribution >= 4 is 39.0 Å². The number of aromatic amines is 1. The van der Waals surface area contributed by atoms with Crippen LogP contribution in [0, 0.1) is 19.7 Å². The number of aryl methyl sites for hydroxylation is 1. The molecular formula is C34H35FN4O5S. The molecule has 0 spiro atoms. The molecule has 45 heavy (non-hydrogen) atoms. The molecule has 0 saturated heterocycles. The maximum atomic E-state index is 14.2. The molecule has 1 aromatic heterocycles. The monoisotopic (exact) mass is 630 g/mol. The fraction of sp³-hybridized carbons (Fsp3) is 0.235. The highest BCUT2D eigenvalue weighted by molar-refractivity contribution is 7.90. The van der Waals surface area contributed by atoms with E-state index in [4.69, 9.17) is 4.74 Å². The highest BCUT2D eigenvalue weighted by Gasteiger charge is 2.28. The Morgan fingerprint density at radius 2 is 1.76 bits per heavy atom. The number of rotatable bonds is 11. The highest BCUT2D eigenvalue weighted by Crippen LogP contribution is 2.37. The van der Waals surface area contributed by atoms with Crippen LogP contribution in [0.5, 0.6) is 11.5 Å². The molecule has 4 aromatic rings. The summed E-state index contributed by atoms with van der Waals surface area (Å²) in [5.41, 5.74) is 3.96. The van der Waals surface area contributed by atoms with E-state index in [9.17, 15) is 22.4 Å². The number of para-hydroxylation sites is 2. The molecule has 234 valence electrons. The number of carbonyl (C=O) groups is 2. The van der Waals surface area contributed by atoms with Gasteiger partial charge in [0, 0.05) is 41.3 Å². The maximum Gasteiger partial charge on any atom is 0.256 e. The fourth-order valence-corrected chi connectivity index (χ4v) is 6.56. The molecule has 2 amide bonds. The van der Waals surface area contributed by atoms with E-state index in [1.165, 1.54) is 30.3 Å². The SMILES string of the molecule is CCN(C)CCNC(=O)c1c(C)[nH]c(/C=C2\C(=O)Nc3ccc(S(=O)(=O)Cc4ccccc4Oc4ccccc4F)cc32)c1C.